The van der Waals surface area contributed by atoms with Gasteiger partial charge in [0.15, 0.2) is 0 Å². The number of halogens is 2. The van der Waals surface area contributed by atoms with E-state index in [-0.39, 0.29) is 23.6 Å². The molecule has 3 aromatic rings. The average molecular weight is 529 g/mol. The van der Waals surface area contributed by atoms with Gasteiger partial charge < -0.3 is 4.90 Å². The summed E-state index contributed by atoms with van der Waals surface area (Å²) in [6, 6.07) is 14.5. The normalized spacial score (nSPS) is 17.8. The van der Waals surface area contributed by atoms with E-state index in [1.165, 1.54) is 0 Å². The van der Waals surface area contributed by atoms with Crippen molar-refractivity contribution >= 4 is 12.0 Å². The van der Waals surface area contributed by atoms with E-state index in [2.05, 4.69) is 35.4 Å². The first-order valence-electron chi connectivity index (χ1n) is 14.1. The van der Waals surface area contributed by atoms with Crippen molar-refractivity contribution < 1.29 is 8.78 Å². The van der Waals surface area contributed by atoms with E-state index in [4.69, 9.17) is 0 Å². The zero-order chi connectivity index (χ0) is 27.5. The highest BCUT2D eigenvalue weighted by Gasteiger charge is 2.31. The Morgan fingerprint density at radius 1 is 1.05 bits per heavy atom. The Labute approximate surface area is 231 Å². The lowest BCUT2D eigenvalue weighted by Crippen LogP contribution is -2.37. The lowest BCUT2D eigenvalue weighted by atomic mass is 9.92. The summed E-state index contributed by atoms with van der Waals surface area (Å²) < 4.78 is 28.9. The molecule has 5 rings (SSSR count). The fourth-order valence-corrected chi connectivity index (χ4v) is 5.72. The minimum Gasteiger partial charge on any atom is -0.357 e. The summed E-state index contributed by atoms with van der Waals surface area (Å²) in [6.45, 7) is 12.4. The number of piperidine rings is 1. The third kappa shape index (κ3) is 6.21. The highest BCUT2D eigenvalue weighted by atomic mass is 19.1. The van der Waals surface area contributed by atoms with Gasteiger partial charge in [-0.15, -0.1) is 0 Å². The number of pyridine rings is 1. The summed E-state index contributed by atoms with van der Waals surface area (Å²) in [6.07, 6.45) is 8.29. The number of anilines is 1. The third-order valence-electron chi connectivity index (χ3n) is 7.96. The molecule has 1 unspecified atom stereocenters. The predicted octanol–water partition coefficient (Wildman–Crippen LogP) is 8.09. The highest BCUT2D eigenvalue weighted by molar-refractivity contribution is 5.68. The van der Waals surface area contributed by atoms with E-state index in [1.807, 2.05) is 48.5 Å². The molecule has 6 heteroatoms. The molecule has 1 aromatic heterocycles. The zero-order valence-corrected chi connectivity index (χ0v) is 23.2. The van der Waals surface area contributed by atoms with Crippen molar-refractivity contribution in [2.45, 2.75) is 58.9 Å². The van der Waals surface area contributed by atoms with Gasteiger partial charge in [0.05, 0.1) is 6.04 Å². The molecule has 1 saturated heterocycles. The number of allylic oxidation sites excluding steroid dienone is 1. The van der Waals surface area contributed by atoms with Gasteiger partial charge in [-0.1, -0.05) is 32.6 Å². The quantitative estimate of drug-likeness (QED) is 0.296. The fraction of sp³-hybridized carbons (Fsp3) is 0.394. The van der Waals surface area contributed by atoms with Crippen LogP contribution in [-0.2, 0) is 6.42 Å². The van der Waals surface area contributed by atoms with Crippen molar-refractivity contribution in [3.63, 3.8) is 0 Å². The number of nitrogens with zero attached hydrogens (tertiary/aromatic N) is 4. The minimum atomic E-state index is -0.215. The molecular weight excluding hydrogens is 490 g/mol. The van der Waals surface area contributed by atoms with E-state index in [0.29, 0.717) is 11.5 Å². The Bertz CT molecular complexity index is 1340. The van der Waals surface area contributed by atoms with Crippen molar-refractivity contribution in [3.8, 4) is 11.1 Å². The van der Waals surface area contributed by atoms with Gasteiger partial charge in [0.2, 0.25) is 0 Å². The molecule has 2 aliphatic heterocycles. The van der Waals surface area contributed by atoms with Gasteiger partial charge in [0.25, 0.3) is 0 Å². The lowest BCUT2D eigenvalue weighted by Gasteiger charge is -2.37. The molecule has 0 aliphatic carbocycles. The molecule has 4 nitrogen and oxygen atoms in total. The molecule has 0 radical (unpaired) electrons. The Morgan fingerprint density at radius 3 is 2.59 bits per heavy atom. The van der Waals surface area contributed by atoms with E-state index in [0.717, 1.165) is 79.0 Å². The monoisotopic (exact) mass is 528 g/mol. The standard InChI is InChI=1S/C33H38F2N4/c1-22(2)5-6-25-7-8-31(35)30(19-25)27-9-13-36-33(21-27)38-15-11-26(12-16-38)24(4)39-32(10-14-37-39)28-17-23(3)18-29(34)20-28/h7-9,13-14,17-22,26,32H,4-6,10-12,15-16H2,1-3H3. The maximum Gasteiger partial charge on any atom is 0.131 e. The van der Waals surface area contributed by atoms with Crippen molar-refractivity contribution in [2.24, 2.45) is 16.9 Å². The molecule has 1 fully saturated rings. The number of aromatic nitrogens is 1. The Morgan fingerprint density at radius 2 is 1.85 bits per heavy atom. The van der Waals surface area contributed by atoms with Crippen LogP contribution in [0.2, 0.25) is 0 Å². The van der Waals surface area contributed by atoms with Crippen LogP contribution in [0.1, 0.15) is 62.3 Å². The van der Waals surface area contributed by atoms with Crippen LogP contribution >= 0.6 is 0 Å². The maximum absolute atomic E-state index is 14.8. The van der Waals surface area contributed by atoms with Crippen molar-refractivity contribution in [3.05, 3.63) is 95.3 Å². The van der Waals surface area contributed by atoms with Gasteiger partial charge >= 0.3 is 0 Å². The van der Waals surface area contributed by atoms with Crippen LogP contribution in [0.4, 0.5) is 14.6 Å². The number of benzene rings is 2. The number of aryl methyl sites for hydroxylation is 2. The molecule has 204 valence electrons. The van der Waals surface area contributed by atoms with Crippen LogP contribution in [0, 0.1) is 30.4 Å². The van der Waals surface area contributed by atoms with E-state index in [9.17, 15) is 8.78 Å². The van der Waals surface area contributed by atoms with Gasteiger partial charge in [-0.05, 0) is 97.2 Å². The van der Waals surface area contributed by atoms with Crippen molar-refractivity contribution in [2.75, 3.05) is 18.0 Å². The fourth-order valence-electron chi connectivity index (χ4n) is 5.72. The van der Waals surface area contributed by atoms with Crippen LogP contribution in [0.5, 0.6) is 0 Å². The summed E-state index contributed by atoms with van der Waals surface area (Å²) in [5.74, 6) is 1.35. The van der Waals surface area contributed by atoms with Crippen LogP contribution in [-0.4, -0.2) is 29.3 Å². The van der Waals surface area contributed by atoms with Crippen molar-refractivity contribution in [1.82, 2.24) is 9.99 Å². The molecule has 39 heavy (non-hydrogen) atoms. The Hall–Kier alpha value is -3.54. The van der Waals surface area contributed by atoms with E-state index in [1.54, 1.807) is 24.4 Å². The van der Waals surface area contributed by atoms with Crippen LogP contribution in [0.3, 0.4) is 0 Å². The summed E-state index contributed by atoms with van der Waals surface area (Å²) in [5, 5.41) is 6.60. The second-order valence-electron chi connectivity index (χ2n) is 11.4. The SMILES string of the molecule is C=C(C1CCN(c2cc(-c3cc(CCC(C)C)ccc3F)ccn2)CC1)N1N=CCC1c1cc(C)cc(F)c1. The molecule has 3 heterocycles. The van der Waals surface area contributed by atoms with Gasteiger partial charge in [0, 0.05) is 49.1 Å². The Balaban J connectivity index is 1.25. The number of hydrazone groups is 1. The van der Waals surface area contributed by atoms with Crippen molar-refractivity contribution in [1.29, 1.82) is 0 Å². The Kier molecular flexibility index (Phi) is 8.10. The number of hydrogen-bond donors (Lipinski definition) is 0. The maximum atomic E-state index is 14.8. The zero-order valence-electron chi connectivity index (χ0n) is 23.2. The number of hydrogen-bond acceptors (Lipinski definition) is 4. The predicted molar refractivity (Wildman–Crippen MR) is 156 cm³/mol. The van der Waals surface area contributed by atoms with E-state index >= 15 is 0 Å². The molecule has 2 aromatic carbocycles. The molecule has 0 N–H and O–H groups in total. The largest absolute Gasteiger partial charge is 0.357 e. The highest BCUT2D eigenvalue weighted by Crippen LogP contribution is 2.38. The van der Waals surface area contributed by atoms with E-state index < -0.39 is 0 Å². The summed E-state index contributed by atoms with van der Waals surface area (Å²) in [5.41, 5.74) is 5.48. The van der Waals surface area contributed by atoms with Gasteiger partial charge in [-0.2, -0.15) is 5.10 Å². The summed E-state index contributed by atoms with van der Waals surface area (Å²) in [7, 11) is 0. The van der Waals surface area contributed by atoms with Crippen LogP contribution in [0.15, 0.2) is 72.1 Å². The van der Waals surface area contributed by atoms with Crippen LogP contribution in [0.25, 0.3) is 11.1 Å². The molecule has 2 aliphatic rings. The first-order valence-corrected chi connectivity index (χ1v) is 14.1. The average Bonchev–Trinajstić information content (AvgIpc) is 3.42. The van der Waals surface area contributed by atoms with Gasteiger partial charge in [-0.25, -0.2) is 13.8 Å². The third-order valence-corrected chi connectivity index (χ3v) is 7.96. The second-order valence-corrected chi connectivity index (χ2v) is 11.4. The first-order chi connectivity index (χ1) is 18.8. The lowest BCUT2D eigenvalue weighted by molar-refractivity contribution is 0.248. The molecule has 1 atom stereocenters. The topological polar surface area (TPSA) is 31.7 Å². The minimum absolute atomic E-state index is 0.0190. The molecule has 0 saturated carbocycles. The molecule has 0 bridgehead atoms. The smallest absolute Gasteiger partial charge is 0.131 e. The van der Waals surface area contributed by atoms with Gasteiger partial charge in [0.1, 0.15) is 17.5 Å². The molecule has 0 amide bonds. The summed E-state index contributed by atoms with van der Waals surface area (Å²) >= 11 is 0. The molecular formula is C33H38F2N4. The first kappa shape index (κ1) is 27.0. The van der Waals surface area contributed by atoms with Gasteiger partial charge in [-0.3, -0.25) is 5.01 Å². The second kappa shape index (κ2) is 11.7. The number of rotatable bonds is 8. The molecule has 0 spiro atoms. The van der Waals surface area contributed by atoms with Crippen LogP contribution < -0.4 is 4.90 Å². The summed E-state index contributed by atoms with van der Waals surface area (Å²) in [4.78, 5) is 6.90.